The summed E-state index contributed by atoms with van der Waals surface area (Å²) in [5, 5.41) is 22.8. The van der Waals surface area contributed by atoms with Crippen molar-refractivity contribution < 1.29 is 19.6 Å². The third-order valence-corrected chi connectivity index (χ3v) is 6.07. The van der Waals surface area contributed by atoms with Gasteiger partial charge in [-0.2, -0.15) is 0 Å². The molecule has 0 fully saturated rings. The van der Waals surface area contributed by atoms with Crippen molar-refractivity contribution in [2.45, 2.75) is 25.5 Å². The van der Waals surface area contributed by atoms with Gasteiger partial charge in [-0.1, -0.05) is 57.9 Å². The number of halogens is 1. The number of ketones is 1. The number of nitro groups is 1. The molecule has 0 saturated carbocycles. The predicted molar refractivity (Wildman–Crippen MR) is 122 cm³/mol. The first-order valence-corrected chi connectivity index (χ1v) is 10.7. The van der Waals surface area contributed by atoms with Gasteiger partial charge in [-0.05, 0) is 36.8 Å². The number of hydrogen-bond acceptors (Lipinski definition) is 5. The SMILES string of the molecule is Cc1ccc(CN2C(=O)C(O)(CC(=O)c3ccccc3[N+](=O)[O-])c3cc(Br)ccc32)cc1. The van der Waals surface area contributed by atoms with Gasteiger partial charge < -0.3 is 10.0 Å². The number of hydrogen-bond donors (Lipinski definition) is 1. The highest BCUT2D eigenvalue weighted by molar-refractivity contribution is 9.10. The van der Waals surface area contributed by atoms with Gasteiger partial charge in [0.25, 0.3) is 11.6 Å². The molecule has 0 aromatic heterocycles. The largest absolute Gasteiger partial charge is 0.375 e. The van der Waals surface area contributed by atoms with Crippen LogP contribution in [0.1, 0.15) is 33.5 Å². The number of nitro benzene ring substituents is 1. The van der Waals surface area contributed by atoms with E-state index in [4.69, 9.17) is 0 Å². The van der Waals surface area contributed by atoms with Crippen LogP contribution in [-0.2, 0) is 16.9 Å². The highest BCUT2D eigenvalue weighted by Crippen LogP contribution is 2.45. The maximum atomic E-state index is 13.4. The fourth-order valence-electron chi connectivity index (χ4n) is 3.92. The van der Waals surface area contributed by atoms with Crippen molar-refractivity contribution in [3.8, 4) is 0 Å². The molecule has 0 radical (unpaired) electrons. The Morgan fingerprint density at radius 2 is 1.81 bits per heavy atom. The lowest BCUT2D eigenvalue weighted by Crippen LogP contribution is -2.41. The number of benzene rings is 3. The Labute approximate surface area is 192 Å². The van der Waals surface area contributed by atoms with E-state index in [1.165, 1.54) is 29.2 Å². The van der Waals surface area contributed by atoms with Crippen LogP contribution in [0.2, 0.25) is 0 Å². The van der Waals surface area contributed by atoms with Crippen molar-refractivity contribution in [3.05, 3.63) is 104 Å². The van der Waals surface area contributed by atoms with Crippen LogP contribution in [-0.4, -0.2) is 21.7 Å². The summed E-state index contributed by atoms with van der Waals surface area (Å²) in [6.45, 7) is 2.18. The minimum atomic E-state index is -2.13. The number of amides is 1. The van der Waals surface area contributed by atoms with Gasteiger partial charge in [0.2, 0.25) is 0 Å². The number of para-hydroxylation sites is 1. The summed E-state index contributed by atoms with van der Waals surface area (Å²) in [6.07, 6.45) is -0.607. The highest BCUT2D eigenvalue weighted by Gasteiger charge is 2.51. The number of aryl methyl sites for hydroxylation is 1. The van der Waals surface area contributed by atoms with Gasteiger partial charge in [0.1, 0.15) is 0 Å². The second kappa shape index (κ2) is 8.29. The Hall–Kier alpha value is -3.36. The third-order valence-electron chi connectivity index (χ3n) is 5.57. The lowest BCUT2D eigenvalue weighted by Gasteiger charge is -2.23. The molecule has 1 aliphatic rings. The molecular weight excluding hydrogens is 476 g/mol. The maximum Gasteiger partial charge on any atom is 0.280 e. The molecule has 3 aromatic carbocycles. The number of rotatable bonds is 6. The number of carbonyl (C=O) groups is 2. The number of Topliss-reactive ketones (excluding diaryl/α,β-unsaturated/α-hetero) is 1. The molecule has 32 heavy (non-hydrogen) atoms. The van der Waals surface area contributed by atoms with E-state index < -0.39 is 28.6 Å². The molecule has 162 valence electrons. The topological polar surface area (TPSA) is 101 Å². The van der Waals surface area contributed by atoms with Crippen molar-refractivity contribution in [2.75, 3.05) is 4.90 Å². The van der Waals surface area contributed by atoms with Crippen LogP contribution in [0.15, 0.2) is 71.2 Å². The Kier molecular flexibility index (Phi) is 5.66. The lowest BCUT2D eigenvalue weighted by atomic mass is 9.88. The van der Waals surface area contributed by atoms with Crippen molar-refractivity contribution in [1.29, 1.82) is 0 Å². The van der Waals surface area contributed by atoms with E-state index in [-0.39, 0.29) is 23.4 Å². The van der Waals surface area contributed by atoms with Crippen LogP contribution in [0, 0.1) is 17.0 Å². The molecule has 8 heteroatoms. The molecular formula is C24H19BrN2O5. The fraction of sp³-hybridized carbons (Fsp3) is 0.167. The van der Waals surface area contributed by atoms with Crippen LogP contribution in [0.4, 0.5) is 11.4 Å². The summed E-state index contributed by atoms with van der Waals surface area (Å²) >= 11 is 3.36. The summed E-state index contributed by atoms with van der Waals surface area (Å²) in [4.78, 5) is 38.6. The van der Waals surface area contributed by atoms with E-state index in [9.17, 15) is 24.8 Å². The van der Waals surface area contributed by atoms with E-state index in [1.54, 1.807) is 18.2 Å². The van der Waals surface area contributed by atoms with E-state index in [2.05, 4.69) is 15.9 Å². The van der Waals surface area contributed by atoms with Gasteiger partial charge in [-0.3, -0.25) is 19.7 Å². The molecule has 1 unspecified atom stereocenters. The molecule has 1 atom stereocenters. The van der Waals surface area contributed by atoms with Gasteiger partial charge in [0.15, 0.2) is 11.4 Å². The smallest absolute Gasteiger partial charge is 0.280 e. The number of aliphatic hydroxyl groups is 1. The Bertz CT molecular complexity index is 1240. The zero-order chi connectivity index (χ0) is 23.0. The van der Waals surface area contributed by atoms with Gasteiger partial charge in [0.05, 0.1) is 29.1 Å². The number of anilines is 1. The average molecular weight is 495 g/mol. The summed E-state index contributed by atoms with van der Waals surface area (Å²) in [6, 6.07) is 18.3. The van der Waals surface area contributed by atoms with Crippen molar-refractivity contribution in [1.82, 2.24) is 0 Å². The van der Waals surface area contributed by atoms with Crippen LogP contribution < -0.4 is 4.90 Å². The summed E-state index contributed by atoms with van der Waals surface area (Å²) in [7, 11) is 0. The van der Waals surface area contributed by atoms with Crippen LogP contribution in [0.5, 0.6) is 0 Å². The molecule has 1 aliphatic heterocycles. The summed E-state index contributed by atoms with van der Waals surface area (Å²) in [5.74, 6) is -1.32. The van der Waals surface area contributed by atoms with Crippen molar-refractivity contribution >= 4 is 39.0 Å². The van der Waals surface area contributed by atoms with Gasteiger partial charge in [-0.15, -0.1) is 0 Å². The molecule has 0 bridgehead atoms. The third kappa shape index (κ3) is 3.83. The molecule has 1 heterocycles. The minimum Gasteiger partial charge on any atom is -0.375 e. The number of fused-ring (bicyclic) bond motifs is 1. The fourth-order valence-corrected chi connectivity index (χ4v) is 4.28. The Morgan fingerprint density at radius 1 is 1.12 bits per heavy atom. The van der Waals surface area contributed by atoms with Gasteiger partial charge >= 0.3 is 0 Å². The normalized spacial score (nSPS) is 17.3. The molecule has 1 amide bonds. The van der Waals surface area contributed by atoms with Crippen LogP contribution >= 0.6 is 15.9 Å². The van der Waals surface area contributed by atoms with Gasteiger partial charge in [0, 0.05) is 16.1 Å². The molecule has 1 N–H and O–H groups in total. The van der Waals surface area contributed by atoms with Crippen LogP contribution in [0.25, 0.3) is 0 Å². The molecule has 0 aliphatic carbocycles. The number of nitrogens with zero attached hydrogens (tertiary/aromatic N) is 2. The molecule has 7 nitrogen and oxygen atoms in total. The van der Waals surface area contributed by atoms with Crippen LogP contribution in [0.3, 0.4) is 0 Å². The monoisotopic (exact) mass is 494 g/mol. The Morgan fingerprint density at radius 3 is 2.50 bits per heavy atom. The van der Waals surface area contributed by atoms with E-state index >= 15 is 0 Å². The van der Waals surface area contributed by atoms with Crippen molar-refractivity contribution in [3.63, 3.8) is 0 Å². The quantitative estimate of drug-likeness (QED) is 0.304. The maximum absolute atomic E-state index is 13.4. The minimum absolute atomic E-state index is 0.146. The first-order chi connectivity index (χ1) is 15.2. The summed E-state index contributed by atoms with van der Waals surface area (Å²) < 4.78 is 0.637. The predicted octanol–water partition coefficient (Wildman–Crippen LogP) is 4.67. The first kappa shape index (κ1) is 21.9. The van der Waals surface area contributed by atoms with Gasteiger partial charge in [-0.25, -0.2) is 0 Å². The molecule has 0 spiro atoms. The zero-order valence-corrected chi connectivity index (χ0v) is 18.7. The van der Waals surface area contributed by atoms with E-state index in [0.717, 1.165) is 11.1 Å². The van der Waals surface area contributed by atoms with Crippen molar-refractivity contribution in [2.24, 2.45) is 0 Å². The van der Waals surface area contributed by atoms with E-state index in [0.29, 0.717) is 10.2 Å². The second-order valence-electron chi connectivity index (χ2n) is 7.77. The highest BCUT2D eigenvalue weighted by atomic mass is 79.9. The molecule has 0 saturated heterocycles. The zero-order valence-electron chi connectivity index (χ0n) is 17.1. The second-order valence-corrected chi connectivity index (χ2v) is 8.69. The molecule has 3 aromatic rings. The summed E-state index contributed by atoms with van der Waals surface area (Å²) in [5.41, 5.74) is 0.0896. The first-order valence-electron chi connectivity index (χ1n) is 9.87. The average Bonchev–Trinajstić information content (AvgIpc) is 2.96. The lowest BCUT2D eigenvalue weighted by molar-refractivity contribution is -0.385. The van der Waals surface area contributed by atoms with E-state index in [1.807, 2.05) is 31.2 Å². The number of carbonyl (C=O) groups excluding carboxylic acids is 2. The molecule has 4 rings (SSSR count). The standard InChI is InChI=1S/C24H19BrN2O5/c1-15-6-8-16(9-7-15)14-26-21-11-10-17(25)12-19(21)24(30,23(26)29)13-22(28)18-4-2-3-5-20(18)27(31)32/h2-12,30H,13-14H2,1H3. The Balaban J connectivity index is 1.73.